The van der Waals surface area contributed by atoms with Gasteiger partial charge in [0.15, 0.2) is 0 Å². The Morgan fingerprint density at radius 1 is 1.63 bits per heavy atom. The maximum absolute atomic E-state index is 11.6. The summed E-state index contributed by atoms with van der Waals surface area (Å²) in [4.78, 5) is 18.0. The predicted molar refractivity (Wildman–Crippen MR) is 76.2 cm³/mol. The van der Waals surface area contributed by atoms with Gasteiger partial charge < -0.3 is 16.0 Å². The van der Waals surface area contributed by atoms with E-state index in [0.717, 1.165) is 25.2 Å². The molecule has 19 heavy (non-hydrogen) atoms. The quantitative estimate of drug-likeness (QED) is 0.852. The van der Waals surface area contributed by atoms with Gasteiger partial charge in [0.1, 0.15) is 5.69 Å². The summed E-state index contributed by atoms with van der Waals surface area (Å²) in [5.74, 6) is 0.368. The first-order valence-corrected chi connectivity index (χ1v) is 6.80. The van der Waals surface area contributed by atoms with Crippen LogP contribution in [0.1, 0.15) is 30.3 Å². The fraction of sp³-hybridized carbons (Fsp3) is 0.571. The number of nitrogens with two attached hydrogens (primary N) is 1. The lowest BCUT2D eigenvalue weighted by Crippen LogP contribution is -2.42. The van der Waals surface area contributed by atoms with Crippen molar-refractivity contribution in [3.05, 3.63) is 24.0 Å². The fourth-order valence-corrected chi connectivity index (χ4v) is 2.54. The first-order chi connectivity index (χ1) is 9.11. The molecule has 0 aliphatic carbocycles. The molecule has 1 aliphatic heterocycles. The minimum atomic E-state index is -0.150. The summed E-state index contributed by atoms with van der Waals surface area (Å²) in [6.07, 6.45) is 4.01. The summed E-state index contributed by atoms with van der Waals surface area (Å²) in [5, 5.41) is 2.60. The Balaban J connectivity index is 2.15. The van der Waals surface area contributed by atoms with Crippen molar-refractivity contribution >= 4 is 11.6 Å². The number of nitrogens with one attached hydrogen (secondary N) is 1. The van der Waals surface area contributed by atoms with Crippen LogP contribution in [-0.2, 0) is 0 Å². The van der Waals surface area contributed by atoms with Crippen molar-refractivity contribution in [1.82, 2.24) is 10.3 Å². The summed E-state index contributed by atoms with van der Waals surface area (Å²) < 4.78 is 0. The van der Waals surface area contributed by atoms with Crippen molar-refractivity contribution in [1.29, 1.82) is 0 Å². The molecular formula is C14H22N4O. The minimum absolute atomic E-state index is 0.150. The molecular weight excluding hydrogens is 240 g/mol. The zero-order valence-corrected chi connectivity index (χ0v) is 11.6. The molecule has 1 aromatic rings. The molecule has 2 atom stereocenters. The van der Waals surface area contributed by atoms with Gasteiger partial charge >= 0.3 is 0 Å². The molecule has 0 radical (unpaired) electrons. The number of carbonyl (C=O) groups excluding carboxylic acids is 1. The first kappa shape index (κ1) is 13.8. The van der Waals surface area contributed by atoms with E-state index in [1.54, 1.807) is 13.2 Å². The number of amides is 1. The van der Waals surface area contributed by atoms with E-state index in [2.05, 4.69) is 22.1 Å². The van der Waals surface area contributed by atoms with Crippen molar-refractivity contribution in [2.75, 3.05) is 25.0 Å². The highest BCUT2D eigenvalue weighted by atomic mass is 16.1. The maximum Gasteiger partial charge on any atom is 0.269 e. The summed E-state index contributed by atoms with van der Waals surface area (Å²) in [5.41, 5.74) is 7.52. The summed E-state index contributed by atoms with van der Waals surface area (Å²) in [6.45, 7) is 4.03. The first-order valence-electron chi connectivity index (χ1n) is 6.80. The van der Waals surface area contributed by atoms with Gasteiger partial charge in [0, 0.05) is 38.1 Å². The number of nitrogens with zero attached hydrogens (tertiary/aromatic N) is 2. The van der Waals surface area contributed by atoms with Crippen LogP contribution in [0.4, 0.5) is 5.69 Å². The van der Waals surface area contributed by atoms with Gasteiger partial charge in [0.2, 0.25) is 0 Å². The Morgan fingerprint density at radius 2 is 2.42 bits per heavy atom. The lowest BCUT2D eigenvalue weighted by atomic mass is 9.92. The molecule has 2 heterocycles. The molecule has 2 rings (SSSR count). The highest BCUT2D eigenvalue weighted by Crippen LogP contribution is 2.24. The Morgan fingerprint density at radius 3 is 3.11 bits per heavy atom. The summed E-state index contributed by atoms with van der Waals surface area (Å²) in [7, 11) is 1.61. The van der Waals surface area contributed by atoms with E-state index in [4.69, 9.17) is 5.73 Å². The molecule has 0 aromatic carbocycles. The van der Waals surface area contributed by atoms with Gasteiger partial charge in [-0.05, 0) is 37.8 Å². The van der Waals surface area contributed by atoms with E-state index in [-0.39, 0.29) is 11.9 Å². The van der Waals surface area contributed by atoms with E-state index in [1.165, 1.54) is 6.42 Å². The predicted octanol–water partition coefficient (Wildman–Crippen LogP) is 1.00. The highest BCUT2D eigenvalue weighted by Gasteiger charge is 2.23. The van der Waals surface area contributed by atoms with Gasteiger partial charge in [-0.2, -0.15) is 0 Å². The second kappa shape index (κ2) is 6.02. The van der Waals surface area contributed by atoms with E-state index in [9.17, 15) is 4.79 Å². The van der Waals surface area contributed by atoms with Gasteiger partial charge in [-0.1, -0.05) is 0 Å². The topological polar surface area (TPSA) is 71.2 Å². The van der Waals surface area contributed by atoms with Crippen LogP contribution in [0.2, 0.25) is 0 Å². The van der Waals surface area contributed by atoms with E-state index in [1.807, 2.05) is 12.1 Å². The Bertz CT molecular complexity index is 447. The highest BCUT2D eigenvalue weighted by molar-refractivity contribution is 5.92. The number of carbonyl (C=O) groups is 1. The molecule has 0 saturated carbocycles. The molecule has 1 aromatic heterocycles. The monoisotopic (exact) mass is 262 g/mol. The number of anilines is 1. The molecule has 0 bridgehead atoms. The van der Waals surface area contributed by atoms with E-state index < -0.39 is 0 Å². The van der Waals surface area contributed by atoms with Gasteiger partial charge in [-0.15, -0.1) is 0 Å². The van der Waals surface area contributed by atoms with Crippen LogP contribution in [0, 0.1) is 5.92 Å². The maximum atomic E-state index is 11.6. The average Bonchev–Trinajstić information content (AvgIpc) is 2.46. The molecule has 0 spiro atoms. The molecule has 104 valence electrons. The van der Waals surface area contributed by atoms with Crippen LogP contribution >= 0.6 is 0 Å². The lowest BCUT2D eigenvalue weighted by molar-refractivity contribution is 0.0958. The minimum Gasteiger partial charge on any atom is -0.371 e. The molecule has 2 unspecified atom stereocenters. The van der Waals surface area contributed by atoms with Crippen LogP contribution in [0.15, 0.2) is 18.3 Å². The second-order valence-corrected chi connectivity index (χ2v) is 5.19. The number of hydrogen-bond acceptors (Lipinski definition) is 4. The standard InChI is InChI=1S/C14H22N4O/c1-10(15)11-4-3-7-18(9-11)12-5-6-17-13(8-12)14(19)16-2/h5-6,8,10-11H,3-4,7,9,15H2,1-2H3,(H,16,19). The molecule has 5 nitrogen and oxygen atoms in total. The molecule has 1 aliphatic rings. The molecule has 1 saturated heterocycles. The van der Waals surface area contributed by atoms with Gasteiger partial charge in [-0.3, -0.25) is 9.78 Å². The largest absolute Gasteiger partial charge is 0.371 e. The zero-order chi connectivity index (χ0) is 13.8. The van der Waals surface area contributed by atoms with Gasteiger partial charge in [0.05, 0.1) is 0 Å². The average molecular weight is 262 g/mol. The van der Waals surface area contributed by atoms with Gasteiger partial charge in [0.25, 0.3) is 5.91 Å². The van der Waals surface area contributed by atoms with Crippen molar-refractivity contribution in [2.45, 2.75) is 25.8 Å². The fourth-order valence-electron chi connectivity index (χ4n) is 2.54. The van der Waals surface area contributed by atoms with Crippen LogP contribution in [-0.4, -0.2) is 37.1 Å². The third kappa shape index (κ3) is 3.23. The molecule has 5 heteroatoms. The van der Waals surface area contributed by atoms with Crippen LogP contribution < -0.4 is 16.0 Å². The number of aromatic nitrogens is 1. The smallest absolute Gasteiger partial charge is 0.269 e. The number of rotatable bonds is 3. The Hall–Kier alpha value is -1.62. The Kier molecular flexibility index (Phi) is 4.37. The number of hydrogen-bond donors (Lipinski definition) is 2. The van der Waals surface area contributed by atoms with E-state index >= 15 is 0 Å². The number of pyridine rings is 1. The lowest BCUT2D eigenvalue weighted by Gasteiger charge is -2.36. The third-order valence-corrected chi connectivity index (χ3v) is 3.77. The van der Waals surface area contributed by atoms with E-state index in [0.29, 0.717) is 11.6 Å². The Labute approximate surface area is 114 Å². The normalized spacial score (nSPS) is 21.0. The SMILES string of the molecule is CNC(=O)c1cc(N2CCCC(C(C)N)C2)ccn1. The van der Waals surface area contributed by atoms with Crippen molar-refractivity contribution in [2.24, 2.45) is 11.7 Å². The third-order valence-electron chi connectivity index (χ3n) is 3.77. The summed E-state index contributed by atoms with van der Waals surface area (Å²) >= 11 is 0. The zero-order valence-electron chi connectivity index (χ0n) is 11.6. The van der Waals surface area contributed by atoms with Crippen LogP contribution in [0.3, 0.4) is 0 Å². The molecule has 3 N–H and O–H groups in total. The van der Waals surface area contributed by atoms with Gasteiger partial charge in [-0.25, -0.2) is 0 Å². The van der Waals surface area contributed by atoms with Crippen molar-refractivity contribution in [3.63, 3.8) is 0 Å². The van der Waals surface area contributed by atoms with Crippen LogP contribution in [0.5, 0.6) is 0 Å². The van der Waals surface area contributed by atoms with Crippen molar-refractivity contribution < 1.29 is 4.79 Å². The summed E-state index contributed by atoms with van der Waals surface area (Å²) in [6, 6.07) is 4.02. The second-order valence-electron chi connectivity index (χ2n) is 5.19. The molecule has 1 fully saturated rings. The van der Waals surface area contributed by atoms with Crippen LogP contribution in [0.25, 0.3) is 0 Å². The van der Waals surface area contributed by atoms with Crippen molar-refractivity contribution in [3.8, 4) is 0 Å². The molecule has 1 amide bonds. The number of piperidine rings is 1.